The van der Waals surface area contributed by atoms with Crippen LogP contribution in [0.3, 0.4) is 0 Å². The molecule has 8 nitrogen and oxygen atoms in total. The van der Waals surface area contributed by atoms with E-state index in [-0.39, 0.29) is 23.7 Å². The zero-order valence-corrected chi connectivity index (χ0v) is 19.0. The summed E-state index contributed by atoms with van der Waals surface area (Å²) in [6, 6.07) is 5.60. The van der Waals surface area contributed by atoms with Crippen LogP contribution in [0, 0.1) is 6.92 Å². The Bertz CT molecular complexity index is 1030. The molecule has 3 heterocycles. The molecule has 2 aliphatic rings. The highest BCUT2D eigenvalue weighted by atomic mass is 19.3. The minimum Gasteiger partial charge on any atom is -0.390 e. The first-order chi connectivity index (χ1) is 15.7. The number of amides is 2. The van der Waals surface area contributed by atoms with Crippen molar-refractivity contribution in [2.45, 2.75) is 51.2 Å². The quantitative estimate of drug-likeness (QED) is 0.683. The van der Waals surface area contributed by atoms with Gasteiger partial charge in [0, 0.05) is 37.9 Å². The molecule has 0 saturated carbocycles. The van der Waals surface area contributed by atoms with Crippen molar-refractivity contribution in [2.24, 2.45) is 0 Å². The number of carbonyl (C=O) groups excluding carboxylic acids is 1. The first-order valence-electron chi connectivity index (χ1n) is 11.1. The first-order valence-corrected chi connectivity index (χ1v) is 11.1. The molecule has 1 aromatic heterocycles. The maximum Gasteiger partial charge on any atom is 0.325 e. The molecule has 1 aromatic carbocycles. The largest absolute Gasteiger partial charge is 0.390 e. The van der Waals surface area contributed by atoms with Crippen molar-refractivity contribution in [1.82, 2.24) is 14.9 Å². The number of hydrogen-bond acceptors (Lipinski definition) is 6. The van der Waals surface area contributed by atoms with Crippen molar-refractivity contribution in [3.63, 3.8) is 0 Å². The third kappa shape index (κ3) is 4.63. The summed E-state index contributed by atoms with van der Waals surface area (Å²) in [5.41, 5.74) is 1.18. The van der Waals surface area contributed by atoms with Gasteiger partial charge < -0.3 is 20.1 Å². The predicted molar refractivity (Wildman–Crippen MR) is 119 cm³/mol. The van der Waals surface area contributed by atoms with E-state index >= 15 is 0 Å². The van der Waals surface area contributed by atoms with Crippen molar-refractivity contribution in [3.05, 3.63) is 46.8 Å². The molecule has 0 bridgehead atoms. The summed E-state index contributed by atoms with van der Waals surface area (Å²) < 4.78 is 33.4. The second kappa shape index (κ2) is 9.18. The number of aliphatic hydroxyl groups is 1. The number of benzene rings is 1. The number of nitrogens with one attached hydrogen (secondary N) is 1. The predicted octanol–water partition coefficient (Wildman–Crippen LogP) is 3.59. The van der Waals surface area contributed by atoms with Crippen LogP contribution >= 0.6 is 0 Å². The van der Waals surface area contributed by atoms with Crippen LogP contribution in [0.1, 0.15) is 48.3 Å². The average molecular weight is 462 g/mol. The normalized spacial score (nSPS) is 18.3. The van der Waals surface area contributed by atoms with Gasteiger partial charge in [0.05, 0.1) is 12.1 Å². The molecule has 1 saturated heterocycles. The Morgan fingerprint density at radius 3 is 2.73 bits per heavy atom. The molecule has 1 atom stereocenters. The molecule has 2 amide bonds. The fourth-order valence-electron chi connectivity index (χ4n) is 4.34. The van der Waals surface area contributed by atoms with Gasteiger partial charge in [0.2, 0.25) is 0 Å². The molecule has 10 heteroatoms. The van der Waals surface area contributed by atoms with Crippen LogP contribution in [0.5, 0.6) is 0 Å². The van der Waals surface area contributed by atoms with Crippen molar-refractivity contribution in [2.75, 3.05) is 37.1 Å². The maximum absolute atomic E-state index is 14.0. The van der Waals surface area contributed by atoms with Crippen LogP contribution in [0.25, 0.3) is 0 Å². The van der Waals surface area contributed by atoms with Gasteiger partial charge in [0.15, 0.2) is 0 Å². The second-order valence-corrected chi connectivity index (χ2v) is 8.59. The number of halogens is 2. The molecule has 0 radical (unpaired) electrons. The summed E-state index contributed by atoms with van der Waals surface area (Å²) in [7, 11) is 1.70. The summed E-state index contributed by atoms with van der Waals surface area (Å²) in [4.78, 5) is 25.5. The molecule has 2 aliphatic heterocycles. The van der Waals surface area contributed by atoms with Crippen molar-refractivity contribution in [3.8, 4) is 0 Å². The van der Waals surface area contributed by atoms with Crippen LogP contribution < -0.4 is 10.2 Å². The number of aromatic nitrogens is 2. The number of aliphatic hydroxyl groups excluding tert-OH is 1. The van der Waals surface area contributed by atoms with E-state index in [1.165, 1.54) is 12.1 Å². The second-order valence-electron chi connectivity index (χ2n) is 8.59. The number of carbonyl (C=O) groups is 1. The minimum atomic E-state index is -3.31. The monoisotopic (exact) mass is 461 g/mol. The van der Waals surface area contributed by atoms with E-state index in [4.69, 9.17) is 9.84 Å². The van der Waals surface area contributed by atoms with Crippen LogP contribution in [0.4, 0.5) is 25.2 Å². The molecule has 1 fully saturated rings. The zero-order valence-electron chi connectivity index (χ0n) is 19.0. The van der Waals surface area contributed by atoms with Crippen LogP contribution in [-0.2, 0) is 17.2 Å². The third-order valence-electron chi connectivity index (χ3n) is 6.27. The molecule has 1 unspecified atom stereocenters. The fourth-order valence-corrected chi connectivity index (χ4v) is 4.34. The van der Waals surface area contributed by atoms with Crippen molar-refractivity contribution < 1.29 is 23.4 Å². The van der Waals surface area contributed by atoms with Gasteiger partial charge in [0.1, 0.15) is 24.1 Å². The zero-order chi connectivity index (χ0) is 23.8. The maximum atomic E-state index is 14.0. The number of rotatable bonds is 6. The number of ether oxygens (including phenoxy) is 1. The van der Waals surface area contributed by atoms with Gasteiger partial charge in [-0.3, -0.25) is 4.90 Å². The topological polar surface area (TPSA) is 90.8 Å². The van der Waals surface area contributed by atoms with Gasteiger partial charge in [0.25, 0.3) is 5.92 Å². The Morgan fingerprint density at radius 2 is 2.03 bits per heavy atom. The lowest BCUT2D eigenvalue weighted by molar-refractivity contribution is -0.0556. The SMILES string of the molecule is Cc1nc(NC(C)c2cccc(C(F)(F)CO)c2)c2c(n1)N(C)C(=O)N(C1CCOCC1)C2. The summed E-state index contributed by atoms with van der Waals surface area (Å²) in [5, 5.41) is 12.4. The van der Waals surface area contributed by atoms with Crippen LogP contribution in [0.15, 0.2) is 24.3 Å². The number of anilines is 2. The van der Waals surface area contributed by atoms with Crippen molar-refractivity contribution in [1.29, 1.82) is 0 Å². The summed E-state index contributed by atoms with van der Waals surface area (Å²) >= 11 is 0. The Morgan fingerprint density at radius 1 is 1.30 bits per heavy atom. The lowest BCUT2D eigenvalue weighted by atomic mass is 10.0. The molecule has 178 valence electrons. The molecule has 0 spiro atoms. The Kier molecular flexibility index (Phi) is 6.49. The van der Waals surface area contributed by atoms with Gasteiger partial charge >= 0.3 is 6.03 Å². The fraction of sp³-hybridized carbons (Fsp3) is 0.522. The highest BCUT2D eigenvalue weighted by Crippen LogP contribution is 2.35. The van der Waals surface area contributed by atoms with E-state index < -0.39 is 12.5 Å². The summed E-state index contributed by atoms with van der Waals surface area (Å²) in [6.07, 6.45) is 1.54. The van der Waals surface area contributed by atoms with E-state index in [1.807, 2.05) is 11.8 Å². The molecule has 33 heavy (non-hydrogen) atoms. The van der Waals surface area contributed by atoms with Crippen LogP contribution in [-0.4, -0.2) is 58.9 Å². The molecular formula is C23H29F2N5O3. The van der Waals surface area contributed by atoms with Gasteiger partial charge in [-0.2, -0.15) is 8.78 Å². The first kappa shape index (κ1) is 23.3. The van der Waals surface area contributed by atoms with E-state index in [1.54, 1.807) is 31.0 Å². The number of nitrogens with zero attached hydrogens (tertiary/aromatic N) is 4. The smallest absolute Gasteiger partial charge is 0.325 e. The highest BCUT2D eigenvalue weighted by Gasteiger charge is 2.36. The van der Waals surface area contributed by atoms with E-state index in [2.05, 4.69) is 15.3 Å². The number of aryl methyl sites for hydroxylation is 1. The lowest BCUT2D eigenvalue weighted by Crippen LogP contribution is -2.52. The van der Waals surface area contributed by atoms with E-state index in [0.29, 0.717) is 42.8 Å². The van der Waals surface area contributed by atoms with Gasteiger partial charge in [-0.25, -0.2) is 14.8 Å². The summed E-state index contributed by atoms with van der Waals surface area (Å²) in [6.45, 7) is 3.95. The minimum absolute atomic E-state index is 0.0748. The highest BCUT2D eigenvalue weighted by molar-refractivity contribution is 5.94. The molecule has 2 N–H and O–H groups in total. The average Bonchev–Trinajstić information content (AvgIpc) is 2.82. The number of hydrogen-bond donors (Lipinski definition) is 2. The standard InChI is InChI=1S/C23H29F2N5O3/c1-14(16-5-4-6-17(11-16)23(24,25)13-31)26-20-19-12-30(18-7-9-33-10-8-18)22(32)29(3)21(19)28-15(2)27-20/h4-6,11,14,18,31H,7-10,12-13H2,1-3H3,(H,26,27,28). The summed E-state index contributed by atoms with van der Waals surface area (Å²) in [5.74, 6) is -1.69. The molecule has 0 aliphatic carbocycles. The number of alkyl halides is 2. The molecule has 2 aromatic rings. The Labute approximate surface area is 191 Å². The van der Waals surface area contributed by atoms with E-state index in [9.17, 15) is 13.6 Å². The van der Waals surface area contributed by atoms with Crippen LogP contribution in [0.2, 0.25) is 0 Å². The third-order valence-corrected chi connectivity index (χ3v) is 6.27. The van der Waals surface area contributed by atoms with Crippen molar-refractivity contribution >= 4 is 17.7 Å². The Balaban J connectivity index is 1.64. The number of fused-ring (bicyclic) bond motifs is 1. The van der Waals surface area contributed by atoms with Gasteiger partial charge in [-0.05, 0) is 38.3 Å². The lowest BCUT2D eigenvalue weighted by Gasteiger charge is -2.41. The number of urea groups is 1. The molecular weight excluding hydrogens is 432 g/mol. The van der Waals surface area contributed by atoms with Gasteiger partial charge in [-0.1, -0.05) is 18.2 Å². The Hall–Kier alpha value is -2.85. The van der Waals surface area contributed by atoms with Gasteiger partial charge in [-0.15, -0.1) is 0 Å². The van der Waals surface area contributed by atoms with E-state index in [0.717, 1.165) is 18.4 Å². The molecule has 4 rings (SSSR count).